The number of rotatable bonds is 9. The fourth-order valence-corrected chi connectivity index (χ4v) is 8.74. The molecular weight excluding hydrogens is 857 g/mol. The maximum absolute atomic E-state index is 14.7. The number of ether oxygens (including phenoxy) is 7. The lowest BCUT2D eigenvalue weighted by molar-refractivity contribution is -0.156. The molecule has 2 amide bonds. The lowest BCUT2D eigenvalue weighted by atomic mass is 9.95. The summed E-state index contributed by atoms with van der Waals surface area (Å²) in [6, 6.07) is 11.4. The van der Waals surface area contributed by atoms with Crippen molar-refractivity contribution in [2.45, 2.75) is 175 Å². The van der Waals surface area contributed by atoms with Crippen molar-refractivity contribution in [2.24, 2.45) is 11.8 Å². The maximum Gasteiger partial charge on any atom is 0.414 e. The van der Waals surface area contributed by atoms with E-state index in [0.29, 0.717) is 62.5 Å². The minimum atomic E-state index is -2.61. The second kappa shape index (κ2) is 20.9. The molecule has 3 heterocycles. The van der Waals surface area contributed by atoms with Crippen LogP contribution in [0.2, 0.25) is 18.1 Å². The van der Waals surface area contributed by atoms with Gasteiger partial charge in [-0.05, 0) is 135 Å². The molecule has 14 heteroatoms. The fraction of sp³-hybridized carbons (Fsp3) is 0.635. The summed E-state index contributed by atoms with van der Waals surface area (Å²) < 4.78 is 50.3. The summed E-state index contributed by atoms with van der Waals surface area (Å²) in [5, 5.41) is -0.232. The Labute approximate surface area is 395 Å². The summed E-state index contributed by atoms with van der Waals surface area (Å²) in [6.45, 7) is 31.1. The monoisotopic (exact) mass is 935 g/mol. The first-order chi connectivity index (χ1) is 30.5. The van der Waals surface area contributed by atoms with Crippen molar-refractivity contribution in [1.29, 1.82) is 0 Å². The molecule has 2 aromatic carbocycles. The Bertz CT molecular complexity index is 2050. The van der Waals surface area contributed by atoms with Crippen LogP contribution in [0.1, 0.15) is 131 Å². The van der Waals surface area contributed by atoms with Gasteiger partial charge in [-0.25, -0.2) is 14.4 Å². The molecule has 3 aliphatic rings. The first kappa shape index (κ1) is 52.6. The Morgan fingerprint density at radius 2 is 1.53 bits per heavy atom. The number of likely N-dealkylation sites (tertiary alicyclic amines) is 1. The van der Waals surface area contributed by atoms with E-state index >= 15 is 0 Å². The van der Waals surface area contributed by atoms with E-state index in [1.165, 1.54) is 0 Å². The van der Waals surface area contributed by atoms with E-state index in [1.807, 2.05) is 124 Å². The second-order valence-corrected chi connectivity index (χ2v) is 26.8. The maximum atomic E-state index is 14.7. The molecule has 5 atom stereocenters. The third-order valence-corrected chi connectivity index (χ3v) is 16.9. The first-order valence-corrected chi connectivity index (χ1v) is 26.5. The molecule has 3 aliphatic heterocycles. The van der Waals surface area contributed by atoms with Crippen molar-refractivity contribution in [1.82, 2.24) is 4.90 Å². The summed E-state index contributed by atoms with van der Waals surface area (Å²) >= 11 is 0. The zero-order valence-corrected chi connectivity index (χ0v) is 43.6. The van der Waals surface area contributed by atoms with E-state index in [1.54, 1.807) is 23.0 Å². The van der Waals surface area contributed by atoms with Crippen LogP contribution in [0.25, 0.3) is 6.08 Å². The number of hydrogen-bond donors (Lipinski definition) is 0. The number of carbonyl (C=O) groups is 3. The SMILES string of the molecule is COc1ccc(CO[C@@H]2/C=C\[C@@H](C)[C@H](C)OC(=O)c3c(cc(N(CC4CCN(C(=O)OC(C)(C)C)CC4)C(=O)OC(C)(C)C)cc3O[Si](C)(C)C(C)(C)C)/C=C/C[C@@H]3OC(C)(C)O[C@@H]32)cc1. The lowest BCUT2D eigenvalue weighted by Gasteiger charge is -2.38. The topological polar surface area (TPSA) is 132 Å². The summed E-state index contributed by atoms with van der Waals surface area (Å²) in [5.74, 6) is -0.514. The summed E-state index contributed by atoms with van der Waals surface area (Å²) in [7, 11) is -0.975. The molecular formula is C52H78N2O11Si. The van der Waals surface area contributed by atoms with Gasteiger partial charge >= 0.3 is 18.2 Å². The molecule has 0 saturated carbocycles. The minimum Gasteiger partial charge on any atom is -0.543 e. The summed E-state index contributed by atoms with van der Waals surface area (Å²) in [5.41, 5.74) is 0.886. The average Bonchev–Trinajstić information content (AvgIpc) is 3.51. The highest BCUT2D eigenvalue weighted by Gasteiger charge is 2.45. The standard InChI is InChI=1S/C52H78N2O11Si/c1-34-20-25-41(59-33-37-21-23-40(58-14)24-22-37)45-42(61-52(12,13)62-45)19-17-18-38-30-39(31-43(44(38)46(55)60-35(34)2)65-66(15,16)51(9,10)11)54(48(57)64-50(6,7)8)32-36-26-28-53(29-27-36)47(56)63-49(3,4)5/h17-18,20-25,30-31,34-36,41-42,45H,19,26-29,32-33H2,1-16H3/b18-17+,25-20-/t34-,35+,41-,42+,45-/m1/s1. The van der Waals surface area contributed by atoms with E-state index in [9.17, 15) is 14.4 Å². The highest BCUT2D eigenvalue weighted by atomic mass is 28.4. The molecule has 0 unspecified atom stereocenters. The van der Waals surface area contributed by atoms with Crippen LogP contribution in [0.15, 0.2) is 54.6 Å². The molecule has 66 heavy (non-hydrogen) atoms. The molecule has 0 radical (unpaired) electrons. The van der Waals surface area contributed by atoms with E-state index in [4.69, 9.17) is 37.6 Å². The number of benzene rings is 2. The zero-order chi connectivity index (χ0) is 49.0. The van der Waals surface area contributed by atoms with Crippen molar-refractivity contribution < 1.29 is 52.0 Å². The third-order valence-electron chi connectivity index (χ3n) is 12.6. The quantitative estimate of drug-likeness (QED) is 0.103. The molecule has 5 rings (SSSR count). The average molecular weight is 935 g/mol. The predicted molar refractivity (Wildman–Crippen MR) is 261 cm³/mol. The van der Waals surface area contributed by atoms with Gasteiger partial charge in [0.25, 0.3) is 8.32 Å². The number of amides is 2. The van der Waals surface area contributed by atoms with E-state index in [-0.39, 0.29) is 28.5 Å². The number of nitrogens with zero attached hydrogens (tertiary/aromatic N) is 2. The van der Waals surface area contributed by atoms with Crippen molar-refractivity contribution in [2.75, 3.05) is 31.6 Å². The molecule has 2 fully saturated rings. The number of piperidine rings is 1. The molecule has 0 N–H and O–H groups in total. The van der Waals surface area contributed by atoms with Crippen LogP contribution < -0.4 is 14.1 Å². The van der Waals surface area contributed by atoms with Crippen molar-refractivity contribution in [3.63, 3.8) is 0 Å². The lowest BCUT2D eigenvalue weighted by Crippen LogP contribution is -2.46. The third kappa shape index (κ3) is 14.3. The van der Waals surface area contributed by atoms with Gasteiger partial charge in [0, 0.05) is 31.6 Å². The van der Waals surface area contributed by atoms with Crippen LogP contribution in [-0.4, -0.2) is 99.5 Å². The minimum absolute atomic E-state index is 0.0326. The van der Waals surface area contributed by atoms with Crippen molar-refractivity contribution in [3.05, 3.63) is 71.3 Å². The van der Waals surface area contributed by atoms with Crippen LogP contribution in [-0.2, 0) is 35.0 Å². The highest BCUT2D eigenvalue weighted by molar-refractivity contribution is 6.74. The molecule has 2 aromatic rings. The number of carbonyl (C=O) groups excluding carboxylic acids is 3. The molecule has 0 aromatic heterocycles. The number of methoxy groups -OCH3 is 1. The van der Waals surface area contributed by atoms with Gasteiger partial charge < -0.3 is 42.5 Å². The fourth-order valence-electron chi connectivity index (χ4n) is 7.72. The Morgan fingerprint density at radius 1 is 0.894 bits per heavy atom. The Morgan fingerprint density at radius 3 is 2.12 bits per heavy atom. The van der Waals surface area contributed by atoms with Crippen LogP contribution in [0, 0.1) is 11.8 Å². The van der Waals surface area contributed by atoms with Crippen LogP contribution in [0.4, 0.5) is 15.3 Å². The van der Waals surface area contributed by atoms with Gasteiger partial charge in [0.1, 0.15) is 46.6 Å². The van der Waals surface area contributed by atoms with E-state index in [0.717, 1.165) is 11.3 Å². The molecule has 13 nitrogen and oxygen atoms in total. The summed E-state index contributed by atoms with van der Waals surface area (Å²) in [4.78, 5) is 45.5. The van der Waals surface area contributed by atoms with E-state index < -0.39 is 61.8 Å². The highest BCUT2D eigenvalue weighted by Crippen LogP contribution is 2.42. The van der Waals surface area contributed by atoms with Crippen LogP contribution in [0.3, 0.4) is 0 Å². The largest absolute Gasteiger partial charge is 0.543 e. The Hall–Kier alpha value is -4.37. The van der Waals surface area contributed by atoms with Gasteiger partial charge in [-0.3, -0.25) is 4.90 Å². The molecule has 0 spiro atoms. The van der Waals surface area contributed by atoms with E-state index in [2.05, 4.69) is 33.9 Å². The second-order valence-electron chi connectivity index (χ2n) is 22.0. The van der Waals surface area contributed by atoms with Gasteiger partial charge in [-0.15, -0.1) is 0 Å². The van der Waals surface area contributed by atoms with Crippen molar-refractivity contribution >= 4 is 38.2 Å². The van der Waals surface area contributed by atoms with Gasteiger partial charge in [0.2, 0.25) is 0 Å². The zero-order valence-electron chi connectivity index (χ0n) is 42.6. The van der Waals surface area contributed by atoms with Crippen LogP contribution >= 0.6 is 0 Å². The molecule has 366 valence electrons. The van der Waals surface area contributed by atoms with Gasteiger partial charge in [-0.2, -0.15) is 0 Å². The Kier molecular flexibility index (Phi) is 16.6. The molecule has 0 bridgehead atoms. The normalized spacial score (nSPS) is 24.2. The first-order valence-electron chi connectivity index (χ1n) is 23.6. The van der Waals surface area contributed by atoms with Gasteiger partial charge in [0.05, 0.1) is 25.5 Å². The number of fused-ring (bicyclic) bond motifs is 2. The Balaban J connectivity index is 1.59. The molecule has 2 saturated heterocycles. The number of esters is 1. The smallest absolute Gasteiger partial charge is 0.414 e. The number of cyclic esters (lactones) is 1. The summed E-state index contributed by atoms with van der Waals surface area (Å²) in [6.07, 6.45) is 6.79. The van der Waals surface area contributed by atoms with Crippen molar-refractivity contribution in [3.8, 4) is 11.5 Å². The molecule has 0 aliphatic carbocycles. The van der Waals surface area contributed by atoms with Gasteiger partial charge in [0.15, 0.2) is 5.79 Å². The van der Waals surface area contributed by atoms with Gasteiger partial charge in [-0.1, -0.05) is 64.1 Å². The number of hydrogen-bond acceptors (Lipinski definition) is 11. The predicted octanol–water partition coefficient (Wildman–Crippen LogP) is 11.7. The van der Waals surface area contributed by atoms with Crippen LogP contribution in [0.5, 0.6) is 11.5 Å². The number of anilines is 1.